The van der Waals surface area contributed by atoms with Crippen LogP contribution in [0.4, 0.5) is 0 Å². The van der Waals surface area contributed by atoms with Gasteiger partial charge in [0, 0.05) is 11.3 Å². The number of rotatable bonds is 13. The van der Waals surface area contributed by atoms with E-state index in [0.29, 0.717) is 0 Å². The molecule has 0 saturated carbocycles. The fourth-order valence-electron chi connectivity index (χ4n) is 4.47. The second kappa shape index (κ2) is 13.1. The zero-order valence-electron chi connectivity index (χ0n) is 23.4. The Morgan fingerprint density at radius 3 is 1.42 bits per heavy atom. The molecule has 43 heavy (non-hydrogen) atoms. The molecule has 0 aliphatic carbocycles. The lowest BCUT2D eigenvalue weighted by atomic mass is 9.79. The summed E-state index contributed by atoms with van der Waals surface area (Å²) >= 11 is 0. The number of sulfone groups is 3. The van der Waals surface area contributed by atoms with Crippen LogP contribution in [0.1, 0.15) is 12.8 Å². The molecule has 3 aromatic carbocycles. The third-order valence-electron chi connectivity index (χ3n) is 6.82. The monoisotopic (exact) mass is 646 g/mol. The maximum Gasteiger partial charge on any atom is 0.323 e. The van der Waals surface area contributed by atoms with Gasteiger partial charge in [-0.3, -0.25) is 9.59 Å². The Morgan fingerprint density at radius 1 is 0.651 bits per heavy atom. The number of hydrogen-bond acceptors (Lipinski definition) is 10. The summed E-state index contributed by atoms with van der Waals surface area (Å²) in [7, 11) is -11.8. The van der Waals surface area contributed by atoms with E-state index in [0.717, 1.165) is 14.2 Å². The quantitative estimate of drug-likeness (QED) is 0.197. The highest BCUT2D eigenvalue weighted by Gasteiger charge is 2.55. The van der Waals surface area contributed by atoms with Gasteiger partial charge in [0.1, 0.15) is 5.25 Å². The van der Waals surface area contributed by atoms with E-state index in [4.69, 9.17) is 9.47 Å². The van der Waals surface area contributed by atoms with Crippen molar-refractivity contribution in [2.24, 2.45) is 5.41 Å². The molecular formula is C30H30O10S3. The first-order chi connectivity index (χ1) is 20.2. The predicted octanol–water partition coefficient (Wildman–Crippen LogP) is 3.92. The summed E-state index contributed by atoms with van der Waals surface area (Å²) in [5.41, 5.74) is -2.68. The number of esters is 2. The van der Waals surface area contributed by atoms with E-state index >= 15 is 0 Å². The molecule has 10 nitrogen and oxygen atoms in total. The summed E-state index contributed by atoms with van der Waals surface area (Å²) in [5, 5.41) is -2.15. The van der Waals surface area contributed by atoms with Gasteiger partial charge in [-0.1, -0.05) is 67.8 Å². The van der Waals surface area contributed by atoms with Gasteiger partial charge >= 0.3 is 11.9 Å². The van der Waals surface area contributed by atoms with E-state index in [2.05, 4.69) is 13.2 Å². The molecule has 1 atom stereocenters. The van der Waals surface area contributed by atoms with Gasteiger partial charge in [0.25, 0.3) is 0 Å². The highest BCUT2D eigenvalue weighted by atomic mass is 32.2. The highest BCUT2D eigenvalue weighted by molar-refractivity contribution is 7.98. The predicted molar refractivity (Wildman–Crippen MR) is 159 cm³/mol. The van der Waals surface area contributed by atoms with Crippen LogP contribution in [0.5, 0.6) is 0 Å². The fourth-order valence-corrected chi connectivity index (χ4v) is 9.47. The van der Waals surface area contributed by atoms with Crippen LogP contribution in [-0.4, -0.2) is 56.7 Å². The molecule has 0 N–H and O–H groups in total. The first-order valence-electron chi connectivity index (χ1n) is 12.6. The summed E-state index contributed by atoms with van der Waals surface area (Å²) in [6, 6.07) is 20.7. The van der Waals surface area contributed by atoms with E-state index < -0.39 is 74.8 Å². The van der Waals surface area contributed by atoms with Gasteiger partial charge in [-0.25, -0.2) is 25.3 Å². The van der Waals surface area contributed by atoms with Crippen LogP contribution in [0.25, 0.3) is 0 Å². The van der Waals surface area contributed by atoms with E-state index in [-0.39, 0.29) is 14.7 Å². The smallest absolute Gasteiger partial charge is 0.323 e. The first-order valence-corrected chi connectivity index (χ1v) is 17.1. The number of benzene rings is 3. The Balaban J connectivity index is 2.28. The number of hydrogen-bond donors (Lipinski definition) is 0. The lowest BCUT2D eigenvalue weighted by molar-refractivity contribution is -0.169. The first kappa shape index (κ1) is 33.4. The van der Waals surface area contributed by atoms with E-state index in [1.165, 1.54) is 78.9 Å². The second-order valence-electron chi connectivity index (χ2n) is 9.43. The third-order valence-corrected chi connectivity index (χ3v) is 12.8. The summed E-state index contributed by atoms with van der Waals surface area (Å²) in [4.78, 5) is 24.6. The molecule has 13 heteroatoms. The standard InChI is InChI=1S/C30H30O10S3/c1-22(41(33,34)24-14-8-5-9-15-24)20-30(28(31)39-3,29(32)40-4)21-27(43(37,38)26-18-12-7-13-19-26)23(2)42(35,36)25-16-10-6-11-17-25/h5-19,27H,1-2,20-21H2,3-4H3. The zero-order valence-corrected chi connectivity index (χ0v) is 25.8. The van der Waals surface area contributed by atoms with E-state index in [9.17, 15) is 34.8 Å². The average Bonchev–Trinajstić information content (AvgIpc) is 3.02. The molecule has 0 aliphatic rings. The Bertz CT molecular complexity index is 1820. The van der Waals surface area contributed by atoms with Crippen molar-refractivity contribution in [1.82, 2.24) is 0 Å². The lowest BCUT2D eigenvalue weighted by Gasteiger charge is -2.32. The van der Waals surface area contributed by atoms with Crippen LogP contribution >= 0.6 is 0 Å². The van der Waals surface area contributed by atoms with Crippen molar-refractivity contribution in [2.45, 2.75) is 32.8 Å². The number of ether oxygens (including phenoxy) is 2. The van der Waals surface area contributed by atoms with Gasteiger partial charge in [0.2, 0.25) is 19.7 Å². The Morgan fingerprint density at radius 2 is 1.02 bits per heavy atom. The Labute approximate surface area is 251 Å². The highest BCUT2D eigenvalue weighted by Crippen LogP contribution is 2.42. The van der Waals surface area contributed by atoms with Crippen molar-refractivity contribution >= 4 is 41.5 Å². The van der Waals surface area contributed by atoms with E-state index in [1.807, 2.05) is 0 Å². The lowest BCUT2D eigenvalue weighted by Crippen LogP contribution is -2.46. The average molecular weight is 647 g/mol. The molecule has 0 saturated heterocycles. The van der Waals surface area contributed by atoms with Crippen molar-refractivity contribution < 1.29 is 44.3 Å². The zero-order chi connectivity index (χ0) is 32.1. The van der Waals surface area contributed by atoms with Crippen LogP contribution < -0.4 is 0 Å². The van der Waals surface area contributed by atoms with Crippen LogP contribution in [0.3, 0.4) is 0 Å². The fraction of sp³-hybridized carbons (Fsp3) is 0.200. The van der Waals surface area contributed by atoms with Gasteiger partial charge < -0.3 is 9.47 Å². The van der Waals surface area contributed by atoms with Crippen LogP contribution in [-0.2, 0) is 48.6 Å². The molecule has 0 heterocycles. The molecule has 3 aromatic rings. The Hall–Kier alpha value is -4.07. The van der Waals surface area contributed by atoms with Gasteiger partial charge in [-0.2, -0.15) is 0 Å². The van der Waals surface area contributed by atoms with Gasteiger partial charge in [-0.15, -0.1) is 0 Å². The topological polar surface area (TPSA) is 155 Å². The van der Waals surface area contributed by atoms with Crippen molar-refractivity contribution in [2.75, 3.05) is 14.2 Å². The molecule has 0 aliphatic heterocycles. The summed E-state index contributed by atoms with van der Waals surface area (Å²) in [5.74, 6) is -2.72. The Kier molecular flexibility index (Phi) is 10.2. The number of carbonyl (C=O) groups is 2. The summed E-state index contributed by atoms with van der Waals surface area (Å²) in [6.45, 7) is 7.21. The van der Waals surface area contributed by atoms with Gasteiger partial charge in [0.05, 0.1) is 33.8 Å². The SMILES string of the molecule is C=C(CC(CC(C(=C)S(=O)(=O)c1ccccc1)S(=O)(=O)c1ccccc1)(C(=O)OC)C(=O)OC)S(=O)(=O)c1ccccc1. The minimum Gasteiger partial charge on any atom is -0.468 e. The van der Waals surface area contributed by atoms with E-state index in [1.54, 1.807) is 12.1 Å². The summed E-state index contributed by atoms with van der Waals surface area (Å²) < 4.78 is 92.0. The second-order valence-corrected chi connectivity index (χ2v) is 15.6. The largest absolute Gasteiger partial charge is 0.468 e. The maximum atomic E-state index is 14.1. The number of methoxy groups -OCH3 is 2. The normalized spacial score (nSPS) is 13.0. The molecule has 0 fully saturated rings. The minimum absolute atomic E-state index is 0.201. The molecule has 0 radical (unpaired) electrons. The number of carbonyl (C=O) groups excluding carboxylic acids is 2. The van der Waals surface area contributed by atoms with Crippen molar-refractivity contribution in [1.29, 1.82) is 0 Å². The molecule has 0 bridgehead atoms. The van der Waals surface area contributed by atoms with Gasteiger partial charge in [-0.05, 0) is 42.8 Å². The molecule has 0 spiro atoms. The molecule has 3 rings (SSSR count). The van der Waals surface area contributed by atoms with Crippen LogP contribution in [0.15, 0.2) is 129 Å². The summed E-state index contributed by atoms with van der Waals surface area (Å²) in [6.07, 6.45) is -2.08. The number of allylic oxidation sites excluding steroid dienone is 1. The van der Waals surface area contributed by atoms with Crippen molar-refractivity contribution in [3.8, 4) is 0 Å². The molecule has 0 aromatic heterocycles. The molecule has 0 amide bonds. The molecule has 1 unspecified atom stereocenters. The van der Waals surface area contributed by atoms with Gasteiger partial charge in [0.15, 0.2) is 15.3 Å². The van der Waals surface area contributed by atoms with Crippen molar-refractivity contribution in [3.05, 3.63) is 114 Å². The van der Waals surface area contributed by atoms with Crippen molar-refractivity contribution in [3.63, 3.8) is 0 Å². The van der Waals surface area contributed by atoms with Crippen LogP contribution in [0.2, 0.25) is 0 Å². The minimum atomic E-state index is -4.70. The third kappa shape index (κ3) is 6.63. The van der Waals surface area contributed by atoms with Crippen LogP contribution in [0, 0.1) is 5.41 Å². The maximum absolute atomic E-state index is 14.1. The molecule has 228 valence electrons. The molecular weight excluding hydrogens is 617 g/mol.